The van der Waals surface area contributed by atoms with Crippen molar-refractivity contribution in [3.05, 3.63) is 59.7 Å². The van der Waals surface area contributed by atoms with Gasteiger partial charge in [-0.25, -0.2) is 9.59 Å². The SMILES string of the molecule is CCC(CNC(=O)OCC1c2ccccc2-c2ccccc21)CC(=O)N1CCCC[C@@H]1C(=O)O. The Bertz CT molecular complexity index is 1010. The number of alkyl carbamates (subject to hydrolysis) is 1. The molecular formula is C27H32N2O5. The summed E-state index contributed by atoms with van der Waals surface area (Å²) in [5.74, 6) is -1.19. The zero-order chi connectivity index (χ0) is 24.1. The Morgan fingerprint density at radius 1 is 1.06 bits per heavy atom. The van der Waals surface area contributed by atoms with Gasteiger partial charge < -0.3 is 20.1 Å². The van der Waals surface area contributed by atoms with Gasteiger partial charge >= 0.3 is 12.1 Å². The minimum atomic E-state index is -0.946. The third kappa shape index (κ3) is 5.08. The highest BCUT2D eigenvalue weighted by molar-refractivity contribution is 5.84. The summed E-state index contributed by atoms with van der Waals surface area (Å²) in [7, 11) is 0. The fourth-order valence-electron chi connectivity index (χ4n) is 5.09. The molecule has 1 saturated heterocycles. The van der Waals surface area contributed by atoms with Crippen molar-refractivity contribution >= 4 is 18.0 Å². The van der Waals surface area contributed by atoms with Gasteiger partial charge in [0.25, 0.3) is 0 Å². The Hall–Kier alpha value is -3.35. The maximum absolute atomic E-state index is 12.8. The maximum atomic E-state index is 12.8. The molecule has 4 rings (SSSR count). The third-order valence-electron chi connectivity index (χ3n) is 7.03. The minimum absolute atomic E-state index is 0.00578. The number of carboxylic acid groups (broad SMARTS) is 1. The Balaban J connectivity index is 1.30. The molecule has 0 aromatic heterocycles. The fraction of sp³-hybridized carbons (Fsp3) is 0.444. The van der Waals surface area contributed by atoms with Gasteiger partial charge in [-0.3, -0.25) is 4.79 Å². The number of piperidine rings is 1. The van der Waals surface area contributed by atoms with Crippen molar-refractivity contribution in [3.8, 4) is 11.1 Å². The number of aliphatic carboxylic acids is 1. The normalized spacial score (nSPS) is 18.0. The Morgan fingerprint density at radius 3 is 2.32 bits per heavy atom. The van der Waals surface area contributed by atoms with Crippen LogP contribution in [-0.4, -0.2) is 53.7 Å². The zero-order valence-corrected chi connectivity index (χ0v) is 19.5. The average Bonchev–Trinajstić information content (AvgIpc) is 3.18. The predicted octanol–water partition coefficient (Wildman–Crippen LogP) is 4.41. The quantitative estimate of drug-likeness (QED) is 0.603. The number of benzene rings is 2. The van der Waals surface area contributed by atoms with Gasteiger partial charge in [0.15, 0.2) is 0 Å². The number of amides is 2. The monoisotopic (exact) mass is 464 g/mol. The second kappa shape index (κ2) is 10.7. The highest BCUT2D eigenvalue weighted by Crippen LogP contribution is 2.44. The first-order valence-electron chi connectivity index (χ1n) is 12.1. The van der Waals surface area contributed by atoms with Crippen LogP contribution in [-0.2, 0) is 14.3 Å². The van der Waals surface area contributed by atoms with Gasteiger partial charge in [0.2, 0.25) is 5.91 Å². The summed E-state index contributed by atoms with van der Waals surface area (Å²) < 4.78 is 5.58. The topological polar surface area (TPSA) is 95.9 Å². The smallest absolute Gasteiger partial charge is 0.407 e. The Labute approximate surface area is 200 Å². The molecule has 0 radical (unpaired) electrons. The molecule has 1 unspecified atom stereocenters. The number of ether oxygens (including phenoxy) is 1. The third-order valence-corrected chi connectivity index (χ3v) is 7.03. The standard InChI is InChI=1S/C27H32N2O5/c1-2-18(15-25(30)29-14-8-7-13-24(29)26(31)32)16-28-27(33)34-17-23-21-11-5-3-9-19(21)20-10-4-6-12-22(20)23/h3-6,9-12,18,23-24H,2,7-8,13-17H2,1H3,(H,28,33)(H,31,32)/t18?,24-/m1/s1. The highest BCUT2D eigenvalue weighted by atomic mass is 16.5. The number of nitrogens with one attached hydrogen (secondary N) is 1. The number of carbonyl (C=O) groups excluding carboxylic acids is 2. The number of carbonyl (C=O) groups is 3. The molecule has 2 atom stereocenters. The Kier molecular flexibility index (Phi) is 7.50. The first kappa shape index (κ1) is 23.8. The first-order chi connectivity index (χ1) is 16.5. The summed E-state index contributed by atoms with van der Waals surface area (Å²) in [5, 5.41) is 12.2. The van der Waals surface area contributed by atoms with E-state index in [9.17, 15) is 19.5 Å². The molecule has 1 heterocycles. The highest BCUT2D eigenvalue weighted by Gasteiger charge is 2.33. The van der Waals surface area contributed by atoms with Gasteiger partial charge in [0, 0.05) is 25.4 Å². The number of fused-ring (bicyclic) bond motifs is 3. The number of hydrogen-bond donors (Lipinski definition) is 2. The van der Waals surface area contributed by atoms with E-state index in [1.165, 1.54) is 16.0 Å². The molecule has 2 N–H and O–H groups in total. The molecule has 0 bridgehead atoms. The van der Waals surface area contributed by atoms with E-state index in [2.05, 4.69) is 29.6 Å². The second-order valence-corrected chi connectivity index (χ2v) is 9.12. The van der Waals surface area contributed by atoms with Crippen LogP contribution in [0.15, 0.2) is 48.5 Å². The summed E-state index contributed by atoms with van der Waals surface area (Å²) in [6.45, 7) is 2.99. The average molecular weight is 465 g/mol. The number of rotatable bonds is 8. The van der Waals surface area contributed by atoms with E-state index in [1.807, 2.05) is 31.2 Å². The molecule has 34 heavy (non-hydrogen) atoms. The van der Waals surface area contributed by atoms with E-state index in [0.29, 0.717) is 25.9 Å². The van der Waals surface area contributed by atoms with Gasteiger partial charge in [-0.05, 0) is 47.4 Å². The van der Waals surface area contributed by atoms with E-state index in [1.54, 1.807) is 0 Å². The predicted molar refractivity (Wildman–Crippen MR) is 128 cm³/mol. The van der Waals surface area contributed by atoms with Crippen molar-refractivity contribution in [1.82, 2.24) is 10.2 Å². The van der Waals surface area contributed by atoms with Crippen molar-refractivity contribution < 1.29 is 24.2 Å². The lowest BCUT2D eigenvalue weighted by molar-refractivity contribution is -0.152. The largest absolute Gasteiger partial charge is 0.480 e. The number of carboxylic acids is 1. The van der Waals surface area contributed by atoms with Crippen LogP contribution in [0.4, 0.5) is 4.79 Å². The molecule has 180 valence electrons. The van der Waals surface area contributed by atoms with Gasteiger partial charge in [0.1, 0.15) is 12.6 Å². The number of likely N-dealkylation sites (tertiary alicyclic amines) is 1. The summed E-state index contributed by atoms with van der Waals surface area (Å²) in [6.07, 6.45) is 2.54. The fourth-order valence-corrected chi connectivity index (χ4v) is 5.09. The van der Waals surface area contributed by atoms with Crippen LogP contribution in [0.3, 0.4) is 0 Å². The van der Waals surface area contributed by atoms with Crippen LogP contribution in [0.25, 0.3) is 11.1 Å². The van der Waals surface area contributed by atoms with Crippen LogP contribution in [0.5, 0.6) is 0 Å². The molecule has 2 aliphatic rings. The van der Waals surface area contributed by atoms with E-state index >= 15 is 0 Å². The van der Waals surface area contributed by atoms with Crippen LogP contribution in [0.1, 0.15) is 56.1 Å². The second-order valence-electron chi connectivity index (χ2n) is 9.12. The lowest BCUT2D eigenvalue weighted by atomic mass is 9.97. The van der Waals surface area contributed by atoms with Gasteiger partial charge in [-0.1, -0.05) is 61.9 Å². The van der Waals surface area contributed by atoms with Crippen LogP contribution < -0.4 is 5.32 Å². The summed E-state index contributed by atoms with van der Waals surface area (Å²) >= 11 is 0. The molecule has 0 saturated carbocycles. The van der Waals surface area contributed by atoms with E-state index in [0.717, 1.165) is 24.0 Å². The van der Waals surface area contributed by atoms with Crippen molar-refractivity contribution in [2.45, 2.75) is 51.0 Å². The molecule has 1 aliphatic carbocycles. The van der Waals surface area contributed by atoms with E-state index in [4.69, 9.17) is 4.74 Å². The molecule has 2 amide bonds. The van der Waals surface area contributed by atoms with Crippen LogP contribution >= 0.6 is 0 Å². The molecule has 2 aromatic carbocycles. The van der Waals surface area contributed by atoms with Crippen molar-refractivity contribution in [3.63, 3.8) is 0 Å². The molecule has 1 fully saturated rings. The van der Waals surface area contributed by atoms with Crippen molar-refractivity contribution in [1.29, 1.82) is 0 Å². The lowest BCUT2D eigenvalue weighted by Crippen LogP contribution is -2.48. The van der Waals surface area contributed by atoms with Crippen LogP contribution in [0, 0.1) is 5.92 Å². The van der Waals surface area contributed by atoms with E-state index < -0.39 is 18.1 Å². The van der Waals surface area contributed by atoms with Crippen molar-refractivity contribution in [2.75, 3.05) is 19.7 Å². The molecule has 0 spiro atoms. The summed E-state index contributed by atoms with van der Waals surface area (Å²) in [6, 6.07) is 15.6. The number of nitrogens with zero attached hydrogens (tertiary/aromatic N) is 1. The van der Waals surface area contributed by atoms with Gasteiger partial charge in [0.05, 0.1) is 0 Å². The zero-order valence-electron chi connectivity index (χ0n) is 19.5. The molecule has 1 aliphatic heterocycles. The minimum Gasteiger partial charge on any atom is -0.480 e. The molecule has 2 aromatic rings. The lowest BCUT2D eigenvalue weighted by Gasteiger charge is -2.34. The summed E-state index contributed by atoms with van der Waals surface area (Å²) in [4.78, 5) is 38.2. The maximum Gasteiger partial charge on any atom is 0.407 e. The Morgan fingerprint density at radius 2 is 1.71 bits per heavy atom. The van der Waals surface area contributed by atoms with E-state index in [-0.39, 0.29) is 30.8 Å². The number of hydrogen-bond acceptors (Lipinski definition) is 4. The first-order valence-corrected chi connectivity index (χ1v) is 12.1. The van der Waals surface area contributed by atoms with Gasteiger partial charge in [-0.15, -0.1) is 0 Å². The molecule has 7 heteroatoms. The summed E-state index contributed by atoms with van der Waals surface area (Å²) in [5.41, 5.74) is 4.66. The molecule has 7 nitrogen and oxygen atoms in total. The molecular weight excluding hydrogens is 432 g/mol. The van der Waals surface area contributed by atoms with Crippen LogP contribution in [0.2, 0.25) is 0 Å². The van der Waals surface area contributed by atoms with Gasteiger partial charge in [-0.2, -0.15) is 0 Å². The van der Waals surface area contributed by atoms with Crippen molar-refractivity contribution in [2.24, 2.45) is 5.92 Å².